The number of aliphatic hydroxyl groups excluding tert-OH is 1. The van der Waals surface area contributed by atoms with Crippen molar-refractivity contribution < 1.29 is 80.2 Å². The van der Waals surface area contributed by atoms with Gasteiger partial charge < -0.3 is 33.8 Å². The van der Waals surface area contributed by atoms with Crippen LogP contribution in [0, 0.1) is 5.92 Å². The minimum absolute atomic E-state index is 0.109. The predicted molar refractivity (Wildman–Crippen MR) is 442 cm³/mol. The highest BCUT2D eigenvalue weighted by molar-refractivity contribution is 7.47. The zero-order valence-corrected chi connectivity index (χ0v) is 72.1. The van der Waals surface area contributed by atoms with Crippen LogP contribution in [0.2, 0.25) is 0 Å². The van der Waals surface area contributed by atoms with Gasteiger partial charge in [0.05, 0.1) is 26.4 Å². The Balaban J connectivity index is 5.15. The zero-order chi connectivity index (χ0) is 78.3. The molecule has 2 unspecified atom stereocenters. The third kappa shape index (κ3) is 81.9. The molecule has 0 saturated heterocycles. The summed E-state index contributed by atoms with van der Waals surface area (Å²) in [7, 11) is -9.92. The van der Waals surface area contributed by atoms with Gasteiger partial charge in [-0.15, -0.1) is 0 Å². The molecular weight excluding hydrogens is 1390 g/mol. The average molecular weight is 1560 g/mol. The summed E-state index contributed by atoms with van der Waals surface area (Å²) in [4.78, 5) is 73.1. The van der Waals surface area contributed by atoms with Crippen molar-refractivity contribution >= 4 is 39.5 Å². The van der Waals surface area contributed by atoms with Gasteiger partial charge in [0.2, 0.25) is 0 Å². The van der Waals surface area contributed by atoms with Crippen molar-refractivity contribution in [1.82, 2.24) is 0 Å². The van der Waals surface area contributed by atoms with Crippen LogP contribution in [0.25, 0.3) is 0 Å². The first-order valence-corrected chi connectivity index (χ1v) is 48.6. The third-order valence-electron chi connectivity index (χ3n) is 20.8. The van der Waals surface area contributed by atoms with E-state index in [1.165, 1.54) is 289 Å². The van der Waals surface area contributed by atoms with Crippen molar-refractivity contribution in [3.05, 3.63) is 0 Å². The number of carbonyl (C=O) groups is 4. The molecule has 0 bridgehead atoms. The maximum absolute atomic E-state index is 13.2. The van der Waals surface area contributed by atoms with Crippen molar-refractivity contribution in [2.45, 2.75) is 496 Å². The van der Waals surface area contributed by atoms with E-state index in [2.05, 4.69) is 34.6 Å². The summed E-state index contributed by atoms with van der Waals surface area (Å²) in [5.41, 5.74) is 0. The van der Waals surface area contributed by atoms with Gasteiger partial charge in [-0.25, -0.2) is 9.13 Å². The van der Waals surface area contributed by atoms with Gasteiger partial charge >= 0.3 is 39.5 Å². The lowest BCUT2D eigenvalue weighted by Crippen LogP contribution is -2.30. The van der Waals surface area contributed by atoms with Crippen LogP contribution in [0.15, 0.2) is 0 Å². The summed E-state index contributed by atoms with van der Waals surface area (Å²) >= 11 is 0. The summed E-state index contributed by atoms with van der Waals surface area (Å²) < 4.78 is 68.8. The van der Waals surface area contributed by atoms with E-state index < -0.39 is 97.5 Å². The number of phosphoric ester groups is 2. The molecule has 0 aromatic rings. The number of hydrogen-bond donors (Lipinski definition) is 3. The molecule has 0 aliphatic rings. The molecule has 0 rings (SSSR count). The second-order valence-electron chi connectivity index (χ2n) is 32.1. The van der Waals surface area contributed by atoms with Gasteiger partial charge in [-0.1, -0.05) is 426 Å². The van der Waals surface area contributed by atoms with E-state index in [4.69, 9.17) is 37.0 Å². The second-order valence-corrected chi connectivity index (χ2v) is 35.0. The predicted octanol–water partition coefficient (Wildman–Crippen LogP) is 27.2. The molecule has 0 fully saturated rings. The van der Waals surface area contributed by atoms with Gasteiger partial charge in [0, 0.05) is 25.7 Å². The van der Waals surface area contributed by atoms with E-state index in [0.29, 0.717) is 25.7 Å². The Morgan fingerprint density at radius 3 is 0.636 bits per heavy atom. The van der Waals surface area contributed by atoms with Crippen LogP contribution in [-0.2, 0) is 65.4 Å². The van der Waals surface area contributed by atoms with Crippen LogP contribution in [0.5, 0.6) is 0 Å². The van der Waals surface area contributed by atoms with Crippen molar-refractivity contribution in [2.24, 2.45) is 5.92 Å². The molecule has 0 aromatic carbocycles. The quantitative estimate of drug-likeness (QED) is 0.0222. The topological polar surface area (TPSA) is 237 Å². The smallest absolute Gasteiger partial charge is 0.462 e. The Labute approximate surface area is 658 Å². The third-order valence-corrected chi connectivity index (χ3v) is 22.7. The van der Waals surface area contributed by atoms with Gasteiger partial charge in [-0.3, -0.25) is 37.3 Å². The first kappa shape index (κ1) is 105. The van der Waals surface area contributed by atoms with E-state index in [0.717, 1.165) is 109 Å². The molecule has 3 N–H and O–H groups in total. The summed E-state index contributed by atoms with van der Waals surface area (Å²) in [6, 6.07) is 0. The minimum atomic E-state index is -4.97. The number of aliphatic hydroxyl groups is 1. The molecule has 0 spiro atoms. The summed E-state index contributed by atoms with van der Waals surface area (Å²) in [5, 5.41) is 10.7. The molecule has 0 aromatic heterocycles. The zero-order valence-electron chi connectivity index (χ0n) is 70.3. The van der Waals surface area contributed by atoms with Crippen LogP contribution in [-0.4, -0.2) is 96.7 Å². The lowest BCUT2D eigenvalue weighted by atomic mass is 10.0. The largest absolute Gasteiger partial charge is 0.472 e. The fraction of sp³-hybridized carbons (Fsp3) is 0.955. The first-order chi connectivity index (χ1) is 52.0. The molecule has 0 heterocycles. The van der Waals surface area contributed by atoms with Crippen molar-refractivity contribution in [1.29, 1.82) is 0 Å². The molecule has 5 atom stereocenters. The number of rotatable bonds is 88. The Bertz CT molecular complexity index is 2030. The van der Waals surface area contributed by atoms with Crippen LogP contribution < -0.4 is 0 Å². The fourth-order valence-corrected chi connectivity index (χ4v) is 15.4. The van der Waals surface area contributed by atoms with Crippen LogP contribution in [0.1, 0.15) is 478 Å². The summed E-state index contributed by atoms with van der Waals surface area (Å²) in [5.74, 6) is -1.28. The van der Waals surface area contributed by atoms with E-state index in [9.17, 15) is 43.2 Å². The van der Waals surface area contributed by atoms with Gasteiger partial charge in [0.1, 0.15) is 19.3 Å². The first-order valence-electron chi connectivity index (χ1n) is 45.6. The SMILES string of the molecule is CCCCCCCCCCCCCCCCCCCCCCCCC(=O)O[C@H](COC(=O)CCCCCCCCCCCCCCCCCCCCC(C)C)COP(=O)(O)OC[C@@H](O)COP(=O)(O)OC[C@@H](COC(=O)CCCCCCCCC)OC(=O)CCCCCCCCCCCCCCCCCCC. The Morgan fingerprint density at radius 1 is 0.252 bits per heavy atom. The second kappa shape index (κ2) is 80.7. The summed E-state index contributed by atoms with van der Waals surface area (Å²) in [6.07, 6.45) is 75.4. The Morgan fingerprint density at radius 2 is 0.430 bits per heavy atom. The molecule has 17 nitrogen and oxygen atoms in total. The normalized spacial score (nSPS) is 13.7. The number of ether oxygens (including phenoxy) is 4. The minimum Gasteiger partial charge on any atom is -0.462 e. The number of carbonyl (C=O) groups excluding carboxylic acids is 4. The molecule has 19 heteroatoms. The highest BCUT2D eigenvalue weighted by Crippen LogP contribution is 2.45. The average Bonchev–Trinajstić information content (AvgIpc) is 0.900. The molecule has 0 radical (unpaired) electrons. The Hall–Kier alpha value is -1.94. The van der Waals surface area contributed by atoms with E-state index in [1.54, 1.807) is 0 Å². The van der Waals surface area contributed by atoms with Crippen LogP contribution in [0.4, 0.5) is 0 Å². The molecule has 636 valence electrons. The maximum Gasteiger partial charge on any atom is 0.472 e. The van der Waals surface area contributed by atoms with Crippen molar-refractivity contribution in [3.8, 4) is 0 Å². The van der Waals surface area contributed by atoms with E-state index in [-0.39, 0.29) is 25.7 Å². The van der Waals surface area contributed by atoms with Gasteiger partial charge in [-0.2, -0.15) is 0 Å². The highest BCUT2D eigenvalue weighted by Gasteiger charge is 2.30. The maximum atomic E-state index is 13.2. The van der Waals surface area contributed by atoms with Crippen LogP contribution >= 0.6 is 15.6 Å². The standard InChI is InChI=1S/C88H172O17P2/c1-6-9-12-15-18-20-22-24-26-28-29-30-31-32-38-42-46-50-54-59-64-69-74-88(93)105-84(78-99-86(91)72-67-62-57-52-48-44-40-37-34-33-36-39-43-47-51-56-60-65-70-81(4)5)80-103-107(96,97)101-76-82(89)75-100-106(94,95)102-79-83(77-98-85(90)71-66-61-55-17-14-11-8-3)104-87(92)73-68-63-58-53-49-45-41-35-27-25-23-21-19-16-13-10-7-2/h81-84,89H,6-80H2,1-5H3,(H,94,95)(H,96,97)/t82-,83+,84+/m0/s1. The van der Waals surface area contributed by atoms with Crippen molar-refractivity contribution in [2.75, 3.05) is 39.6 Å². The number of phosphoric acid groups is 2. The van der Waals surface area contributed by atoms with E-state index in [1.807, 2.05) is 0 Å². The lowest BCUT2D eigenvalue weighted by Gasteiger charge is -2.21. The number of esters is 4. The van der Waals surface area contributed by atoms with E-state index >= 15 is 0 Å². The molecule has 0 amide bonds. The number of unbranched alkanes of at least 4 members (excludes halogenated alkanes) is 60. The van der Waals surface area contributed by atoms with Gasteiger partial charge in [-0.05, 0) is 31.6 Å². The molecule has 107 heavy (non-hydrogen) atoms. The van der Waals surface area contributed by atoms with Crippen LogP contribution in [0.3, 0.4) is 0 Å². The van der Waals surface area contributed by atoms with Gasteiger partial charge in [0.25, 0.3) is 0 Å². The fourth-order valence-electron chi connectivity index (χ4n) is 13.8. The highest BCUT2D eigenvalue weighted by atomic mass is 31.2. The molecular formula is C88H172O17P2. The monoisotopic (exact) mass is 1560 g/mol. The van der Waals surface area contributed by atoms with Gasteiger partial charge in [0.15, 0.2) is 12.2 Å². The molecule has 0 aliphatic carbocycles. The summed E-state index contributed by atoms with van der Waals surface area (Å²) in [6.45, 7) is 7.37. The lowest BCUT2D eigenvalue weighted by molar-refractivity contribution is -0.161. The van der Waals surface area contributed by atoms with Crippen molar-refractivity contribution in [3.63, 3.8) is 0 Å². The molecule has 0 saturated carbocycles. The molecule has 0 aliphatic heterocycles. The Kier molecular flexibility index (Phi) is 79.2. The number of hydrogen-bond acceptors (Lipinski definition) is 15.